The van der Waals surface area contributed by atoms with Crippen LogP contribution in [0.1, 0.15) is 56.9 Å². The maximum absolute atomic E-state index is 12.7. The Bertz CT molecular complexity index is 1080. The van der Waals surface area contributed by atoms with E-state index in [-0.39, 0.29) is 18.0 Å². The van der Waals surface area contributed by atoms with Gasteiger partial charge in [-0.1, -0.05) is 11.6 Å². The van der Waals surface area contributed by atoms with E-state index in [1.54, 1.807) is 0 Å². The molecule has 0 spiro atoms. The number of nitrogens with one attached hydrogen (secondary N) is 2. The summed E-state index contributed by atoms with van der Waals surface area (Å²) in [6.07, 6.45) is 0.924. The molecule has 180 valence electrons. The molecule has 0 bridgehead atoms. The highest BCUT2D eigenvalue weighted by Gasteiger charge is 2.31. The van der Waals surface area contributed by atoms with Gasteiger partial charge in [0.2, 0.25) is 0 Å². The van der Waals surface area contributed by atoms with Crippen molar-refractivity contribution in [3.8, 4) is 0 Å². The third-order valence-electron chi connectivity index (χ3n) is 6.01. The first-order valence-electron chi connectivity index (χ1n) is 11.0. The number of carbonyl (C=O) groups excluding carboxylic acids is 1. The third kappa shape index (κ3) is 7.04. The molecule has 1 fully saturated rings. The Kier molecular flexibility index (Phi) is 8.18. The topological polar surface area (TPSA) is 65.2 Å². The normalized spacial score (nSPS) is 15.0. The van der Waals surface area contributed by atoms with Crippen LogP contribution in [0, 0.1) is 20.8 Å². The van der Waals surface area contributed by atoms with Crippen LogP contribution < -0.4 is 10.9 Å². The van der Waals surface area contributed by atoms with Crippen molar-refractivity contribution in [2.24, 2.45) is 0 Å². The summed E-state index contributed by atoms with van der Waals surface area (Å²) in [5.74, 6) is -0.204. The summed E-state index contributed by atoms with van der Waals surface area (Å²) in [6.45, 7) is 5.81. The molecule has 0 saturated carbocycles. The maximum atomic E-state index is 12.7. The minimum atomic E-state index is -4.14. The molecule has 1 aliphatic rings. The number of carbonyl (C=O) groups is 1. The van der Waals surface area contributed by atoms with Crippen LogP contribution in [0.25, 0.3) is 0 Å². The largest absolute Gasteiger partial charge is 0.401 e. The Morgan fingerprint density at radius 3 is 2.58 bits per heavy atom. The number of allylic oxidation sites excluding steroid dienone is 1. The van der Waals surface area contributed by atoms with Gasteiger partial charge in [-0.05, 0) is 63.6 Å². The molecule has 33 heavy (non-hydrogen) atoms. The van der Waals surface area contributed by atoms with E-state index in [0.717, 1.165) is 34.5 Å². The van der Waals surface area contributed by atoms with E-state index in [1.165, 1.54) is 21.8 Å². The fraction of sp³-hybridized carbons (Fsp3) is 0.500. The molecule has 1 aliphatic heterocycles. The van der Waals surface area contributed by atoms with Gasteiger partial charge in [-0.25, -0.2) is 0 Å². The van der Waals surface area contributed by atoms with Gasteiger partial charge in [0.15, 0.2) is 0 Å². The van der Waals surface area contributed by atoms with Gasteiger partial charge in [0.05, 0.1) is 12.1 Å². The predicted octanol–water partition coefficient (Wildman–Crippen LogP) is 4.81. The molecule has 2 aromatic rings. The second kappa shape index (κ2) is 10.7. The number of aromatic amines is 1. The Balaban J connectivity index is 1.51. The minimum absolute atomic E-state index is 0.169. The lowest BCUT2D eigenvalue weighted by Crippen LogP contribution is -2.38. The van der Waals surface area contributed by atoms with Crippen molar-refractivity contribution in [3.05, 3.63) is 66.3 Å². The predicted molar refractivity (Wildman–Crippen MR) is 125 cm³/mol. The van der Waals surface area contributed by atoms with Gasteiger partial charge in [0, 0.05) is 41.1 Å². The number of amides is 1. The monoisotopic (exact) mass is 481 g/mol. The molecular weight excluding hydrogens is 451 g/mol. The van der Waals surface area contributed by atoms with Gasteiger partial charge in [0.1, 0.15) is 0 Å². The van der Waals surface area contributed by atoms with E-state index < -0.39 is 12.7 Å². The molecule has 3 heterocycles. The van der Waals surface area contributed by atoms with Crippen molar-refractivity contribution in [1.29, 1.82) is 0 Å². The summed E-state index contributed by atoms with van der Waals surface area (Å²) in [5.41, 5.74) is 4.75. The Morgan fingerprint density at radius 1 is 1.24 bits per heavy atom. The number of aromatic nitrogens is 1. The molecule has 1 saturated heterocycles. The Morgan fingerprint density at radius 2 is 1.94 bits per heavy atom. The van der Waals surface area contributed by atoms with Crippen molar-refractivity contribution < 1.29 is 18.0 Å². The summed E-state index contributed by atoms with van der Waals surface area (Å²) in [6, 6.07) is 1.88. The molecule has 0 aromatic carbocycles. The number of hydrogen-bond donors (Lipinski definition) is 2. The molecule has 0 aliphatic carbocycles. The van der Waals surface area contributed by atoms with E-state index >= 15 is 0 Å². The van der Waals surface area contributed by atoms with Crippen molar-refractivity contribution in [3.63, 3.8) is 0 Å². The highest BCUT2D eigenvalue weighted by atomic mass is 32.1. The number of nitrogens with zero attached hydrogens (tertiary/aromatic N) is 1. The number of piperidine rings is 1. The number of hydrogen-bond acceptors (Lipinski definition) is 4. The lowest BCUT2D eigenvalue weighted by Gasteiger charge is -2.29. The number of likely N-dealkylation sites (tertiary alicyclic amines) is 1. The second-order valence-corrected chi connectivity index (χ2v) is 9.58. The maximum Gasteiger partial charge on any atom is 0.401 e. The SMILES string of the molecule is Cc1cc(C)c(CNC(=O)c2csc(CCC=C3CCN(CC(F)(F)F)CC3)c2C)c(=O)[nH]1. The molecule has 0 radical (unpaired) electrons. The molecule has 1 amide bonds. The zero-order valence-corrected chi connectivity index (χ0v) is 20.0. The Hall–Kier alpha value is -2.39. The fourth-order valence-corrected chi connectivity index (χ4v) is 5.22. The molecular formula is C24H30F3N3O2S. The zero-order valence-electron chi connectivity index (χ0n) is 19.2. The highest BCUT2D eigenvalue weighted by molar-refractivity contribution is 7.10. The van der Waals surface area contributed by atoms with Gasteiger partial charge >= 0.3 is 6.18 Å². The highest BCUT2D eigenvalue weighted by Crippen LogP contribution is 2.25. The van der Waals surface area contributed by atoms with Gasteiger partial charge in [0.25, 0.3) is 11.5 Å². The lowest BCUT2D eigenvalue weighted by atomic mass is 10.0. The second-order valence-electron chi connectivity index (χ2n) is 8.62. The standard InChI is InChI=1S/C24H30F3N3O2S/c1-15-11-16(2)29-23(32)19(15)12-28-22(31)20-13-33-21(17(20)3)6-4-5-18-7-9-30(10-8-18)14-24(25,26)27/h5,11,13H,4,6-10,12,14H2,1-3H3,(H,28,31)(H,29,32). The van der Waals surface area contributed by atoms with Crippen molar-refractivity contribution in [1.82, 2.24) is 15.2 Å². The van der Waals surface area contributed by atoms with Gasteiger partial charge in [-0.2, -0.15) is 13.2 Å². The van der Waals surface area contributed by atoms with Crippen LogP contribution in [0.5, 0.6) is 0 Å². The first kappa shape index (κ1) is 25.2. The molecule has 5 nitrogen and oxygen atoms in total. The van der Waals surface area contributed by atoms with Gasteiger partial charge in [-0.15, -0.1) is 11.3 Å². The van der Waals surface area contributed by atoms with Crippen molar-refractivity contribution in [2.45, 2.75) is 59.2 Å². The van der Waals surface area contributed by atoms with E-state index in [2.05, 4.69) is 16.4 Å². The lowest BCUT2D eigenvalue weighted by molar-refractivity contribution is -0.146. The molecule has 0 unspecified atom stereocenters. The molecule has 2 aromatic heterocycles. The summed E-state index contributed by atoms with van der Waals surface area (Å²) < 4.78 is 37.5. The molecule has 0 atom stereocenters. The Labute approximate surface area is 195 Å². The van der Waals surface area contributed by atoms with E-state index in [4.69, 9.17) is 0 Å². The number of H-pyrrole nitrogens is 1. The summed E-state index contributed by atoms with van der Waals surface area (Å²) in [4.78, 5) is 30.2. The number of rotatable bonds is 7. The number of halogens is 3. The van der Waals surface area contributed by atoms with Crippen LogP contribution in [0.2, 0.25) is 0 Å². The average molecular weight is 482 g/mol. The smallest absolute Gasteiger partial charge is 0.348 e. The van der Waals surface area contributed by atoms with E-state index in [0.29, 0.717) is 37.1 Å². The van der Waals surface area contributed by atoms with Gasteiger partial charge in [-0.3, -0.25) is 14.5 Å². The number of thiophene rings is 1. The van der Waals surface area contributed by atoms with Crippen LogP contribution in [-0.4, -0.2) is 41.6 Å². The number of pyridine rings is 1. The molecule has 3 rings (SSSR count). The van der Waals surface area contributed by atoms with Crippen LogP contribution >= 0.6 is 11.3 Å². The first-order chi connectivity index (χ1) is 15.5. The average Bonchev–Trinajstić information content (AvgIpc) is 3.08. The van der Waals surface area contributed by atoms with Crippen LogP contribution in [-0.2, 0) is 13.0 Å². The van der Waals surface area contributed by atoms with E-state index in [9.17, 15) is 22.8 Å². The fourth-order valence-electron chi connectivity index (χ4n) is 4.16. The number of aryl methyl sites for hydroxylation is 3. The molecule has 9 heteroatoms. The van der Waals surface area contributed by atoms with Gasteiger partial charge < -0.3 is 10.3 Å². The zero-order chi connectivity index (χ0) is 24.2. The first-order valence-corrected chi connectivity index (χ1v) is 11.9. The van der Waals surface area contributed by atoms with Crippen LogP contribution in [0.3, 0.4) is 0 Å². The summed E-state index contributed by atoms with van der Waals surface area (Å²) >= 11 is 1.54. The van der Waals surface area contributed by atoms with Crippen LogP contribution in [0.4, 0.5) is 13.2 Å². The van der Waals surface area contributed by atoms with Crippen LogP contribution in [0.15, 0.2) is 27.9 Å². The summed E-state index contributed by atoms with van der Waals surface area (Å²) in [7, 11) is 0. The van der Waals surface area contributed by atoms with Crippen molar-refractivity contribution >= 4 is 17.2 Å². The number of alkyl halides is 3. The summed E-state index contributed by atoms with van der Waals surface area (Å²) in [5, 5.41) is 4.69. The third-order valence-corrected chi connectivity index (χ3v) is 7.16. The van der Waals surface area contributed by atoms with Crippen molar-refractivity contribution in [2.75, 3.05) is 19.6 Å². The molecule has 2 N–H and O–H groups in total. The quantitative estimate of drug-likeness (QED) is 0.558. The minimum Gasteiger partial charge on any atom is -0.348 e. The van der Waals surface area contributed by atoms with E-state index in [1.807, 2.05) is 32.2 Å².